The van der Waals surface area contributed by atoms with E-state index in [4.69, 9.17) is 4.74 Å². The van der Waals surface area contributed by atoms with Crippen LogP contribution >= 0.6 is 0 Å². The second-order valence-corrected chi connectivity index (χ2v) is 8.28. The van der Waals surface area contributed by atoms with E-state index in [1.807, 2.05) is 4.90 Å². The fraction of sp³-hybridized carbons (Fsp3) is 0.789. The van der Waals surface area contributed by atoms with E-state index in [1.165, 1.54) is 36.6 Å². The van der Waals surface area contributed by atoms with Crippen LogP contribution in [0.15, 0.2) is 12.4 Å². The van der Waals surface area contributed by atoms with Gasteiger partial charge in [-0.3, -0.25) is 9.59 Å². The molecule has 2 saturated heterocycles. The Morgan fingerprint density at radius 1 is 1.11 bits per heavy atom. The molecule has 2 amide bonds. The van der Waals surface area contributed by atoms with E-state index in [0.29, 0.717) is 19.0 Å². The highest BCUT2D eigenvalue weighted by molar-refractivity contribution is 5.78. The van der Waals surface area contributed by atoms with Crippen LogP contribution in [-0.2, 0) is 20.9 Å². The van der Waals surface area contributed by atoms with Crippen molar-refractivity contribution in [2.45, 2.75) is 38.3 Å². The van der Waals surface area contributed by atoms with E-state index >= 15 is 0 Å². The zero-order valence-electron chi connectivity index (χ0n) is 16.3. The Morgan fingerprint density at radius 3 is 2.54 bits per heavy atom. The van der Waals surface area contributed by atoms with Crippen molar-refractivity contribution in [3.05, 3.63) is 12.4 Å². The third kappa shape index (κ3) is 5.51. The number of nitrogens with one attached hydrogen (secondary N) is 1. The van der Waals surface area contributed by atoms with Gasteiger partial charge >= 0.3 is 0 Å². The maximum atomic E-state index is 12.3. The molecule has 1 saturated carbocycles. The number of rotatable bonds is 8. The second kappa shape index (κ2) is 9.00. The van der Waals surface area contributed by atoms with E-state index < -0.39 is 0 Å². The van der Waals surface area contributed by atoms with Crippen LogP contribution in [0.2, 0.25) is 0 Å². The van der Waals surface area contributed by atoms with E-state index in [2.05, 4.69) is 20.4 Å². The number of morpholine rings is 1. The zero-order chi connectivity index (χ0) is 19.3. The Morgan fingerprint density at radius 2 is 1.82 bits per heavy atom. The van der Waals surface area contributed by atoms with Gasteiger partial charge in [0.1, 0.15) is 13.2 Å². The van der Waals surface area contributed by atoms with Gasteiger partial charge in [0.05, 0.1) is 18.5 Å². The lowest BCUT2D eigenvalue weighted by Crippen LogP contribution is -2.52. The molecule has 4 rings (SSSR count). The Labute approximate surface area is 165 Å². The number of carbonyl (C=O) groups excluding carboxylic acids is 2. The lowest BCUT2D eigenvalue weighted by molar-refractivity contribution is -0.150. The number of ether oxygens (including phenoxy) is 1. The van der Waals surface area contributed by atoms with Gasteiger partial charge in [-0.2, -0.15) is 15.0 Å². The molecule has 9 heteroatoms. The highest BCUT2D eigenvalue weighted by Crippen LogP contribution is 2.31. The third-order valence-electron chi connectivity index (χ3n) is 5.90. The SMILES string of the molecule is O=C(Cn1nccn1)NC[C@@H]1CN(CC2CCN(CC3CC3)CC2)C(=O)CO1. The van der Waals surface area contributed by atoms with Crippen molar-refractivity contribution in [1.82, 2.24) is 30.1 Å². The number of hydrogen-bond acceptors (Lipinski definition) is 6. The van der Waals surface area contributed by atoms with Crippen LogP contribution in [0.3, 0.4) is 0 Å². The standard InChI is InChI=1S/C19H30N6O3/c26-18(13-25-21-5-6-22-25)20-9-17-12-24(19(27)14-28-17)11-16-3-7-23(8-4-16)10-15-1-2-15/h5-6,15-17H,1-4,7-14H2,(H,20,26)/t17-/m1/s1. The number of hydrogen-bond donors (Lipinski definition) is 1. The molecular formula is C19H30N6O3. The van der Waals surface area contributed by atoms with E-state index in [9.17, 15) is 9.59 Å². The fourth-order valence-corrected chi connectivity index (χ4v) is 4.05. The van der Waals surface area contributed by atoms with Crippen LogP contribution in [0, 0.1) is 11.8 Å². The number of amides is 2. The summed E-state index contributed by atoms with van der Waals surface area (Å²) in [7, 11) is 0. The average molecular weight is 390 g/mol. The van der Waals surface area contributed by atoms with Crippen LogP contribution in [0.25, 0.3) is 0 Å². The molecule has 3 heterocycles. The van der Waals surface area contributed by atoms with Gasteiger partial charge in [0.15, 0.2) is 0 Å². The smallest absolute Gasteiger partial charge is 0.248 e. The van der Waals surface area contributed by atoms with Crippen molar-refractivity contribution in [3.8, 4) is 0 Å². The molecule has 1 N–H and O–H groups in total. The molecule has 0 radical (unpaired) electrons. The van der Waals surface area contributed by atoms with Crippen LogP contribution < -0.4 is 5.32 Å². The highest BCUT2D eigenvalue weighted by Gasteiger charge is 2.31. The van der Waals surface area contributed by atoms with E-state index in [0.717, 1.165) is 38.4 Å². The first-order valence-corrected chi connectivity index (χ1v) is 10.4. The van der Waals surface area contributed by atoms with Crippen molar-refractivity contribution >= 4 is 11.8 Å². The van der Waals surface area contributed by atoms with Gasteiger partial charge in [-0.15, -0.1) is 0 Å². The molecule has 1 aromatic heterocycles. The number of piperidine rings is 1. The number of nitrogens with zero attached hydrogens (tertiary/aromatic N) is 5. The molecule has 154 valence electrons. The van der Waals surface area contributed by atoms with Gasteiger partial charge < -0.3 is 19.9 Å². The van der Waals surface area contributed by atoms with Gasteiger partial charge in [-0.25, -0.2) is 0 Å². The normalized spacial score (nSPS) is 24.5. The minimum Gasteiger partial charge on any atom is -0.365 e. The summed E-state index contributed by atoms with van der Waals surface area (Å²) in [5, 5.41) is 10.7. The molecule has 2 aliphatic heterocycles. The molecule has 0 bridgehead atoms. The fourth-order valence-electron chi connectivity index (χ4n) is 4.05. The van der Waals surface area contributed by atoms with Crippen molar-refractivity contribution in [2.24, 2.45) is 11.8 Å². The maximum absolute atomic E-state index is 12.3. The van der Waals surface area contributed by atoms with E-state index in [1.54, 1.807) is 0 Å². The molecule has 0 unspecified atom stereocenters. The lowest BCUT2D eigenvalue weighted by atomic mass is 9.95. The molecule has 1 atom stereocenters. The first kappa shape index (κ1) is 19.3. The zero-order valence-corrected chi connectivity index (χ0v) is 16.3. The molecule has 28 heavy (non-hydrogen) atoms. The summed E-state index contributed by atoms with van der Waals surface area (Å²) in [5.74, 6) is 1.41. The molecule has 0 spiro atoms. The third-order valence-corrected chi connectivity index (χ3v) is 5.90. The quantitative estimate of drug-likeness (QED) is 0.658. The molecule has 0 aromatic carbocycles. The van der Waals surface area contributed by atoms with Crippen LogP contribution in [0.5, 0.6) is 0 Å². The Bertz CT molecular complexity index is 655. The number of aromatic nitrogens is 3. The minimum absolute atomic E-state index is 0.0590. The molecule has 9 nitrogen and oxygen atoms in total. The van der Waals surface area contributed by atoms with Gasteiger partial charge in [0.2, 0.25) is 11.8 Å². The summed E-state index contributed by atoms with van der Waals surface area (Å²) in [5.41, 5.74) is 0. The van der Waals surface area contributed by atoms with Gasteiger partial charge in [-0.05, 0) is 50.6 Å². The van der Waals surface area contributed by atoms with Crippen molar-refractivity contribution in [2.75, 3.05) is 45.9 Å². The summed E-state index contributed by atoms with van der Waals surface area (Å²) in [4.78, 5) is 30.1. The first-order chi connectivity index (χ1) is 13.7. The second-order valence-electron chi connectivity index (χ2n) is 8.28. The van der Waals surface area contributed by atoms with Gasteiger partial charge in [0, 0.05) is 26.2 Å². The highest BCUT2D eigenvalue weighted by atomic mass is 16.5. The van der Waals surface area contributed by atoms with Crippen molar-refractivity contribution < 1.29 is 14.3 Å². The number of carbonyl (C=O) groups is 2. The predicted molar refractivity (Wildman–Crippen MR) is 101 cm³/mol. The summed E-state index contributed by atoms with van der Waals surface area (Å²) >= 11 is 0. The first-order valence-electron chi connectivity index (χ1n) is 10.4. The molecular weight excluding hydrogens is 360 g/mol. The summed E-state index contributed by atoms with van der Waals surface area (Å²) in [6, 6.07) is 0. The molecule has 1 aromatic rings. The van der Waals surface area contributed by atoms with E-state index in [-0.39, 0.29) is 31.1 Å². The van der Waals surface area contributed by atoms with Crippen molar-refractivity contribution in [1.29, 1.82) is 0 Å². The molecule has 1 aliphatic carbocycles. The topological polar surface area (TPSA) is 92.6 Å². The predicted octanol–water partition coefficient (Wildman–Crippen LogP) is -0.256. The van der Waals surface area contributed by atoms with Crippen LogP contribution in [-0.4, -0.2) is 88.6 Å². The summed E-state index contributed by atoms with van der Waals surface area (Å²) in [6.07, 6.45) is 8.04. The van der Waals surface area contributed by atoms with Gasteiger partial charge in [-0.1, -0.05) is 0 Å². The average Bonchev–Trinajstić information content (AvgIpc) is 3.36. The Hall–Kier alpha value is -2.00. The van der Waals surface area contributed by atoms with Crippen LogP contribution in [0.1, 0.15) is 25.7 Å². The summed E-state index contributed by atoms with van der Waals surface area (Å²) in [6.45, 7) is 5.50. The maximum Gasteiger partial charge on any atom is 0.248 e. The minimum atomic E-state index is -0.165. The molecule has 3 aliphatic rings. The molecule has 3 fully saturated rings. The lowest BCUT2D eigenvalue weighted by Gasteiger charge is -2.38. The Kier molecular flexibility index (Phi) is 6.21. The van der Waals surface area contributed by atoms with Crippen molar-refractivity contribution in [3.63, 3.8) is 0 Å². The summed E-state index contributed by atoms with van der Waals surface area (Å²) < 4.78 is 5.61. The van der Waals surface area contributed by atoms with Crippen LogP contribution in [0.4, 0.5) is 0 Å². The monoisotopic (exact) mass is 390 g/mol. The van der Waals surface area contributed by atoms with Gasteiger partial charge in [0.25, 0.3) is 0 Å². The Balaban J connectivity index is 1.18. The largest absolute Gasteiger partial charge is 0.365 e. The number of likely N-dealkylation sites (tertiary alicyclic amines) is 1.